The molecule has 34 heavy (non-hydrogen) atoms. The molecule has 1 unspecified atom stereocenters. The summed E-state index contributed by atoms with van der Waals surface area (Å²) in [7, 11) is 0. The molecule has 1 fully saturated rings. The zero-order valence-electron chi connectivity index (χ0n) is 20.1. The van der Waals surface area contributed by atoms with Gasteiger partial charge in [-0.3, -0.25) is 0 Å². The van der Waals surface area contributed by atoms with E-state index in [-0.39, 0.29) is 18.6 Å². The highest BCUT2D eigenvalue weighted by Gasteiger charge is 2.26. The van der Waals surface area contributed by atoms with Crippen LogP contribution in [0.1, 0.15) is 61.1 Å². The first-order valence-corrected chi connectivity index (χ1v) is 12.6. The van der Waals surface area contributed by atoms with Crippen LogP contribution in [0.2, 0.25) is 5.02 Å². The third kappa shape index (κ3) is 7.58. The van der Waals surface area contributed by atoms with Crippen molar-refractivity contribution in [1.29, 1.82) is 0 Å². The normalized spacial score (nSPS) is 15.0. The topological polar surface area (TPSA) is 90.0 Å². The van der Waals surface area contributed by atoms with Crippen molar-refractivity contribution in [1.82, 2.24) is 10.3 Å². The molecular formula is C24H32ClN3O5S. The molecule has 0 aliphatic carbocycles. The molecule has 1 N–H and O–H groups in total. The van der Waals surface area contributed by atoms with Gasteiger partial charge in [-0.15, -0.1) is 0 Å². The Hall–Kier alpha value is -2.36. The van der Waals surface area contributed by atoms with Crippen LogP contribution in [0, 0.1) is 0 Å². The first-order chi connectivity index (χ1) is 16.2. The largest absolute Gasteiger partial charge is 0.462 e. The molecule has 1 atom stereocenters. The number of anilines is 1. The summed E-state index contributed by atoms with van der Waals surface area (Å²) in [6.07, 6.45) is 0.475. The number of alkyl carbamates (subject to hydrolysis) is 1. The SMILES string of the molecule is CCOC(=O)c1sc(N2CCOCC2)nc1CCC(NC(=O)OC(C)(C)C)c1ccc(Cl)cc1. The number of aryl methyl sites for hydroxylation is 1. The van der Waals surface area contributed by atoms with Gasteiger partial charge in [0.25, 0.3) is 0 Å². The summed E-state index contributed by atoms with van der Waals surface area (Å²) in [5, 5.41) is 4.34. The van der Waals surface area contributed by atoms with Gasteiger partial charge in [0.15, 0.2) is 5.13 Å². The van der Waals surface area contributed by atoms with Crippen LogP contribution in [0.5, 0.6) is 0 Å². The smallest absolute Gasteiger partial charge is 0.408 e. The van der Waals surface area contributed by atoms with E-state index in [2.05, 4.69) is 10.2 Å². The van der Waals surface area contributed by atoms with Gasteiger partial charge in [-0.2, -0.15) is 0 Å². The summed E-state index contributed by atoms with van der Waals surface area (Å²) in [6.45, 7) is 10.2. The van der Waals surface area contributed by atoms with Crippen LogP contribution in [0.25, 0.3) is 0 Å². The van der Waals surface area contributed by atoms with Gasteiger partial charge >= 0.3 is 12.1 Å². The van der Waals surface area contributed by atoms with E-state index in [1.807, 2.05) is 32.9 Å². The number of benzene rings is 1. The van der Waals surface area contributed by atoms with Gasteiger partial charge in [0, 0.05) is 18.1 Å². The molecule has 10 heteroatoms. The van der Waals surface area contributed by atoms with Gasteiger partial charge in [-0.05, 0) is 58.2 Å². The number of esters is 1. The molecule has 0 bridgehead atoms. The standard InChI is InChI=1S/C24H32ClN3O5S/c1-5-32-21(29)20-19(26-22(34-20)28-12-14-31-15-13-28)11-10-18(16-6-8-17(25)9-7-16)27-23(30)33-24(2,3)4/h6-9,18H,5,10-15H2,1-4H3,(H,27,30). The third-order valence-electron chi connectivity index (χ3n) is 5.06. The second-order valence-electron chi connectivity index (χ2n) is 8.88. The average molecular weight is 510 g/mol. The lowest BCUT2D eigenvalue weighted by molar-refractivity contribution is 0.0495. The number of ether oxygens (including phenoxy) is 3. The van der Waals surface area contributed by atoms with Crippen LogP contribution in [-0.2, 0) is 20.6 Å². The van der Waals surface area contributed by atoms with Crippen LogP contribution in [0.3, 0.4) is 0 Å². The van der Waals surface area contributed by atoms with Crippen molar-refractivity contribution < 1.29 is 23.8 Å². The molecule has 3 rings (SSSR count). The molecule has 8 nitrogen and oxygen atoms in total. The molecule has 1 amide bonds. The van der Waals surface area contributed by atoms with Crippen molar-refractivity contribution >= 4 is 40.1 Å². The Balaban J connectivity index is 1.82. The maximum Gasteiger partial charge on any atom is 0.408 e. The van der Waals surface area contributed by atoms with E-state index in [4.69, 9.17) is 30.8 Å². The highest BCUT2D eigenvalue weighted by Crippen LogP contribution is 2.30. The predicted molar refractivity (Wildman–Crippen MR) is 133 cm³/mol. The van der Waals surface area contributed by atoms with E-state index < -0.39 is 11.7 Å². The summed E-state index contributed by atoms with van der Waals surface area (Å²) in [5.41, 5.74) is 0.930. The molecule has 186 valence electrons. The number of hydrogen-bond acceptors (Lipinski definition) is 8. The monoisotopic (exact) mass is 509 g/mol. The fourth-order valence-corrected chi connectivity index (χ4v) is 4.69. The third-order valence-corrected chi connectivity index (χ3v) is 6.45. The maximum atomic E-state index is 12.6. The minimum absolute atomic E-state index is 0.288. The van der Waals surface area contributed by atoms with E-state index in [1.165, 1.54) is 11.3 Å². The highest BCUT2D eigenvalue weighted by atomic mass is 35.5. The zero-order chi connectivity index (χ0) is 24.7. The van der Waals surface area contributed by atoms with Crippen molar-refractivity contribution in [3.63, 3.8) is 0 Å². The molecular weight excluding hydrogens is 478 g/mol. The van der Waals surface area contributed by atoms with Gasteiger partial charge in [-0.1, -0.05) is 35.1 Å². The Labute approximate surface area is 209 Å². The molecule has 1 aliphatic heterocycles. The lowest BCUT2D eigenvalue weighted by atomic mass is 10.0. The number of rotatable bonds is 8. The first-order valence-electron chi connectivity index (χ1n) is 11.4. The number of nitrogens with zero attached hydrogens (tertiary/aromatic N) is 2. The van der Waals surface area contributed by atoms with E-state index in [0.29, 0.717) is 41.6 Å². The molecule has 0 spiro atoms. The van der Waals surface area contributed by atoms with Crippen molar-refractivity contribution in [2.75, 3.05) is 37.8 Å². The molecule has 0 radical (unpaired) electrons. The lowest BCUT2D eigenvalue weighted by Crippen LogP contribution is -2.36. The summed E-state index contributed by atoms with van der Waals surface area (Å²) in [6, 6.07) is 6.96. The molecule has 1 aromatic carbocycles. The van der Waals surface area contributed by atoms with Crippen molar-refractivity contribution in [2.24, 2.45) is 0 Å². The van der Waals surface area contributed by atoms with E-state index in [0.717, 1.165) is 23.8 Å². The van der Waals surface area contributed by atoms with Gasteiger partial charge in [0.05, 0.1) is 31.6 Å². The molecule has 1 saturated heterocycles. The van der Waals surface area contributed by atoms with Crippen LogP contribution >= 0.6 is 22.9 Å². The number of morpholine rings is 1. The number of thiazole rings is 1. The second kappa shape index (κ2) is 11.9. The van der Waals surface area contributed by atoms with Crippen LogP contribution < -0.4 is 10.2 Å². The minimum atomic E-state index is -0.617. The number of nitrogens with one attached hydrogen (secondary N) is 1. The predicted octanol–water partition coefficient (Wildman–Crippen LogP) is 5.01. The van der Waals surface area contributed by atoms with Gasteiger partial charge < -0.3 is 24.4 Å². The number of amides is 1. The highest BCUT2D eigenvalue weighted by molar-refractivity contribution is 7.17. The summed E-state index contributed by atoms with van der Waals surface area (Å²) in [4.78, 5) is 32.6. The quantitative estimate of drug-likeness (QED) is 0.500. The minimum Gasteiger partial charge on any atom is -0.462 e. The second-order valence-corrected chi connectivity index (χ2v) is 10.3. The zero-order valence-corrected chi connectivity index (χ0v) is 21.6. The van der Waals surface area contributed by atoms with Crippen LogP contribution in [0.4, 0.5) is 9.93 Å². The Morgan fingerprint density at radius 1 is 1.24 bits per heavy atom. The molecule has 2 aromatic rings. The van der Waals surface area contributed by atoms with E-state index in [9.17, 15) is 9.59 Å². The summed E-state index contributed by atoms with van der Waals surface area (Å²) in [5.74, 6) is -0.377. The summed E-state index contributed by atoms with van der Waals surface area (Å²) < 4.78 is 16.2. The fraction of sp³-hybridized carbons (Fsp3) is 0.542. The molecule has 1 aliphatic rings. The number of carbonyl (C=O) groups is 2. The molecule has 0 saturated carbocycles. The van der Waals surface area contributed by atoms with Crippen molar-refractivity contribution in [2.45, 2.75) is 52.2 Å². The number of halogens is 1. The van der Waals surface area contributed by atoms with Gasteiger partial charge in [0.1, 0.15) is 10.5 Å². The number of aromatic nitrogens is 1. The van der Waals surface area contributed by atoms with Crippen LogP contribution in [0.15, 0.2) is 24.3 Å². The van der Waals surface area contributed by atoms with Crippen molar-refractivity contribution in [3.8, 4) is 0 Å². The number of carbonyl (C=O) groups excluding carboxylic acids is 2. The van der Waals surface area contributed by atoms with E-state index in [1.54, 1.807) is 19.1 Å². The van der Waals surface area contributed by atoms with Crippen LogP contribution in [-0.4, -0.2) is 55.6 Å². The van der Waals surface area contributed by atoms with Gasteiger partial charge in [-0.25, -0.2) is 14.6 Å². The van der Waals surface area contributed by atoms with Crippen molar-refractivity contribution in [3.05, 3.63) is 45.4 Å². The Morgan fingerprint density at radius 2 is 1.91 bits per heavy atom. The fourth-order valence-electron chi connectivity index (χ4n) is 3.50. The molecule has 1 aromatic heterocycles. The lowest BCUT2D eigenvalue weighted by Gasteiger charge is -2.26. The first kappa shape index (κ1) is 26.2. The molecule has 2 heterocycles. The van der Waals surface area contributed by atoms with E-state index >= 15 is 0 Å². The Kier molecular flexibility index (Phi) is 9.16. The maximum absolute atomic E-state index is 12.6. The Morgan fingerprint density at radius 3 is 2.53 bits per heavy atom. The van der Waals surface area contributed by atoms with Gasteiger partial charge in [0.2, 0.25) is 0 Å². The Bertz CT molecular complexity index is 968. The summed E-state index contributed by atoms with van der Waals surface area (Å²) >= 11 is 7.40. The average Bonchev–Trinajstić information content (AvgIpc) is 3.21. The number of hydrogen-bond donors (Lipinski definition) is 1.